The Kier molecular flexibility index (Phi) is 5.19. The lowest BCUT2D eigenvalue weighted by molar-refractivity contribution is 0.199. The molecule has 3 aromatic rings. The first kappa shape index (κ1) is 17.9. The molecule has 134 valence electrons. The molecule has 1 unspecified atom stereocenters. The molecule has 3 N–H and O–H groups in total. The molecule has 0 spiro atoms. The van der Waals surface area contributed by atoms with Gasteiger partial charge in [-0.15, -0.1) is 0 Å². The van der Waals surface area contributed by atoms with E-state index in [-0.39, 0.29) is 11.5 Å². The molecule has 0 saturated carbocycles. The van der Waals surface area contributed by atoms with Crippen molar-refractivity contribution in [2.45, 2.75) is 25.9 Å². The quantitative estimate of drug-likeness (QED) is 0.742. The lowest BCUT2D eigenvalue weighted by atomic mass is 9.99. The van der Waals surface area contributed by atoms with Crippen LogP contribution in [0.15, 0.2) is 59.4 Å². The molecule has 3 rings (SSSR count). The number of hydrogen-bond acceptors (Lipinski definition) is 4. The highest BCUT2D eigenvalue weighted by Gasteiger charge is 2.05. The molecule has 5 nitrogen and oxygen atoms in total. The zero-order valence-electron chi connectivity index (χ0n) is 15.0. The minimum Gasteiger partial charge on any atom is -0.389 e. The molecule has 1 aromatic heterocycles. The van der Waals surface area contributed by atoms with Crippen molar-refractivity contribution in [2.24, 2.45) is 7.05 Å². The lowest BCUT2D eigenvalue weighted by Gasteiger charge is -2.09. The summed E-state index contributed by atoms with van der Waals surface area (Å²) in [5.41, 5.74) is 10.6. The summed E-state index contributed by atoms with van der Waals surface area (Å²) in [6, 6.07) is 17.8. The smallest absolute Gasteiger partial charge is 0.254 e. The number of rotatable bonds is 5. The van der Waals surface area contributed by atoms with Gasteiger partial charge < -0.3 is 10.8 Å². The summed E-state index contributed by atoms with van der Waals surface area (Å²) in [6.07, 6.45) is 0.970. The fraction of sp³-hybridized carbons (Fsp3) is 0.238. The predicted molar refractivity (Wildman–Crippen MR) is 104 cm³/mol. The van der Waals surface area contributed by atoms with Gasteiger partial charge in [0.15, 0.2) is 0 Å². The van der Waals surface area contributed by atoms with E-state index in [1.54, 1.807) is 14.0 Å². The summed E-state index contributed by atoms with van der Waals surface area (Å²) in [4.78, 5) is 16.1. The van der Waals surface area contributed by atoms with Crippen molar-refractivity contribution in [3.63, 3.8) is 0 Å². The first-order valence-electron chi connectivity index (χ1n) is 8.64. The second kappa shape index (κ2) is 7.54. The van der Waals surface area contributed by atoms with Crippen molar-refractivity contribution in [3.05, 3.63) is 81.8 Å². The minimum absolute atomic E-state index is 0.139. The van der Waals surface area contributed by atoms with E-state index in [1.165, 1.54) is 16.2 Å². The van der Waals surface area contributed by atoms with E-state index in [0.29, 0.717) is 12.1 Å². The molecule has 5 heteroatoms. The molecule has 0 aliphatic rings. The Balaban J connectivity index is 1.76. The van der Waals surface area contributed by atoms with Gasteiger partial charge in [-0.1, -0.05) is 48.5 Å². The van der Waals surface area contributed by atoms with Crippen LogP contribution < -0.4 is 11.3 Å². The first-order valence-corrected chi connectivity index (χ1v) is 8.64. The minimum atomic E-state index is -0.464. The van der Waals surface area contributed by atoms with Crippen LogP contribution in [-0.2, 0) is 19.9 Å². The number of nitrogens with zero attached hydrogens (tertiary/aromatic N) is 2. The van der Waals surface area contributed by atoms with Gasteiger partial charge >= 0.3 is 0 Å². The lowest BCUT2D eigenvalue weighted by Crippen LogP contribution is -2.21. The molecule has 26 heavy (non-hydrogen) atoms. The Labute approximate surface area is 152 Å². The third-order valence-electron chi connectivity index (χ3n) is 4.55. The van der Waals surface area contributed by atoms with Crippen LogP contribution in [0.1, 0.15) is 29.8 Å². The summed E-state index contributed by atoms with van der Waals surface area (Å²) in [6.45, 7) is 1.76. The summed E-state index contributed by atoms with van der Waals surface area (Å²) in [5.74, 6) is 0.236. The van der Waals surface area contributed by atoms with Crippen LogP contribution in [0.3, 0.4) is 0 Å². The Hall–Kier alpha value is -2.92. The van der Waals surface area contributed by atoms with Gasteiger partial charge in [-0.25, -0.2) is 4.98 Å². The van der Waals surface area contributed by atoms with Crippen LogP contribution in [0.25, 0.3) is 11.1 Å². The number of aryl methyl sites for hydroxylation is 2. The van der Waals surface area contributed by atoms with Crippen molar-refractivity contribution in [3.8, 4) is 11.1 Å². The van der Waals surface area contributed by atoms with E-state index in [4.69, 9.17) is 5.73 Å². The topological polar surface area (TPSA) is 81.1 Å². The number of nitrogen functional groups attached to an aromatic ring is 1. The van der Waals surface area contributed by atoms with Gasteiger partial charge in [-0.2, -0.15) is 0 Å². The number of nitrogens with two attached hydrogens (primary N) is 1. The molecule has 0 aliphatic carbocycles. The Morgan fingerprint density at radius 1 is 1.08 bits per heavy atom. The van der Waals surface area contributed by atoms with Gasteiger partial charge in [0.25, 0.3) is 5.56 Å². The maximum atomic E-state index is 11.8. The number of aliphatic hydroxyl groups excluding tert-OH is 1. The van der Waals surface area contributed by atoms with E-state index in [0.717, 1.165) is 23.1 Å². The largest absolute Gasteiger partial charge is 0.389 e. The van der Waals surface area contributed by atoms with E-state index in [1.807, 2.05) is 30.3 Å². The molecule has 0 fully saturated rings. The Bertz CT molecular complexity index is 960. The molecular formula is C21H23N3O2. The van der Waals surface area contributed by atoms with Gasteiger partial charge in [0, 0.05) is 13.1 Å². The summed E-state index contributed by atoms with van der Waals surface area (Å²) in [7, 11) is 1.61. The fourth-order valence-corrected chi connectivity index (χ4v) is 2.87. The van der Waals surface area contributed by atoms with E-state index in [2.05, 4.69) is 23.2 Å². The molecule has 0 amide bonds. The first-order chi connectivity index (χ1) is 12.4. The Morgan fingerprint density at radius 3 is 2.46 bits per heavy atom. The molecular weight excluding hydrogens is 326 g/mol. The van der Waals surface area contributed by atoms with Crippen molar-refractivity contribution < 1.29 is 5.11 Å². The van der Waals surface area contributed by atoms with Gasteiger partial charge in [-0.05, 0) is 42.0 Å². The SMILES string of the molecule is CC(O)c1ccc(-c2cccc(CCc3cc(=O)n(C)c(N)n3)c2)cc1. The van der Waals surface area contributed by atoms with E-state index < -0.39 is 6.10 Å². The van der Waals surface area contributed by atoms with Crippen LogP contribution >= 0.6 is 0 Å². The predicted octanol–water partition coefficient (Wildman–Crippen LogP) is 2.87. The van der Waals surface area contributed by atoms with Crippen LogP contribution in [0, 0.1) is 0 Å². The monoisotopic (exact) mass is 349 g/mol. The molecule has 0 bridgehead atoms. The molecule has 0 aliphatic heterocycles. The number of aliphatic hydroxyl groups is 1. The maximum Gasteiger partial charge on any atom is 0.254 e. The highest BCUT2D eigenvalue weighted by molar-refractivity contribution is 5.64. The van der Waals surface area contributed by atoms with Crippen molar-refractivity contribution in [1.82, 2.24) is 9.55 Å². The maximum absolute atomic E-state index is 11.8. The zero-order chi connectivity index (χ0) is 18.7. The standard InChI is InChI=1S/C21H23N3O2/c1-14(25)16-7-9-17(10-8-16)18-5-3-4-15(12-18)6-11-19-13-20(26)24(2)21(22)23-19/h3-5,7-10,12-14,25H,6,11H2,1-2H3,(H2,22,23). The molecule has 1 atom stereocenters. The third kappa shape index (κ3) is 4.00. The second-order valence-corrected chi connectivity index (χ2v) is 6.50. The number of benzene rings is 2. The highest BCUT2D eigenvalue weighted by atomic mass is 16.3. The van der Waals surface area contributed by atoms with Crippen molar-refractivity contribution in [2.75, 3.05) is 5.73 Å². The zero-order valence-corrected chi connectivity index (χ0v) is 15.0. The van der Waals surface area contributed by atoms with Crippen molar-refractivity contribution >= 4 is 5.95 Å². The van der Waals surface area contributed by atoms with Crippen LogP contribution in [0.5, 0.6) is 0 Å². The fourth-order valence-electron chi connectivity index (χ4n) is 2.87. The molecule has 0 saturated heterocycles. The number of aromatic nitrogens is 2. The average molecular weight is 349 g/mol. The second-order valence-electron chi connectivity index (χ2n) is 6.50. The van der Waals surface area contributed by atoms with Gasteiger partial charge in [0.05, 0.1) is 11.8 Å². The Morgan fingerprint density at radius 2 is 1.81 bits per heavy atom. The van der Waals surface area contributed by atoms with Gasteiger partial charge in [0.2, 0.25) is 5.95 Å². The van der Waals surface area contributed by atoms with Crippen LogP contribution in [0.2, 0.25) is 0 Å². The van der Waals surface area contributed by atoms with Gasteiger partial charge in [0.1, 0.15) is 0 Å². The average Bonchev–Trinajstić information content (AvgIpc) is 2.64. The third-order valence-corrected chi connectivity index (χ3v) is 4.55. The van der Waals surface area contributed by atoms with Crippen LogP contribution in [0.4, 0.5) is 5.95 Å². The van der Waals surface area contributed by atoms with Crippen LogP contribution in [-0.4, -0.2) is 14.7 Å². The molecule has 2 aromatic carbocycles. The van der Waals surface area contributed by atoms with Gasteiger partial charge in [-0.3, -0.25) is 9.36 Å². The van der Waals surface area contributed by atoms with E-state index in [9.17, 15) is 9.90 Å². The summed E-state index contributed by atoms with van der Waals surface area (Å²) < 4.78 is 1.33. The normalized spacial score (nSPS) is 12.1. The summed E-state index contributed by atoms with van der Waals surface area (Å²) >= 11 is 0. The molecule has 1 heterocycles. The highest BCUT2D eigenvalue weighted by Crippen LogP contribution is 2.23. The molecule has 0 radical (unpaired) electrons. The number of hydrogen-bond donors (Lipinski definition) is 2. The number of anilines is 1. The van der Waals surface area contributed by atoms with E-state index >= 15 is 0 Å². The van der Waals surface area contributed by atoms with Crippen molar-refractivity contribution in [1.29, 1.82) is 0 Å². The summed E-state index contributed by atoms with van der Waals surface area (Å²) in [5, 5.41) is 9.63.